The van der Waals surface area contributed by atoms with Crippen molar-refractivity contribution >= 4 is 0 Å². The van der Waals surface area contributed by atoms with Crippen LogP contribution < -0.4 is 5.73 Å². The van der Waals surface area contributed by atoms with E-state index in [0.717, 1.165) is 18.4 Å². The number of rotatable bonds is 4. The molecule has 1 saturated carbocycles. The summed E-state index contributed by atoms with van der Waals surface area (Å²) in [5.74, 6) is 1.75. The molecule has 0 spiro atoms. The van der Waals surface area contributed by atoms with Gasteiger partial charge in [0, 0.05) is 0 Å². The van der Waals surface area contributed by atoms with Crippen LogP contribution in [0.4, 0.5) is 0 Å². The summed E-state index contributed by atoms with van der Waals surface area (Å²) < 4.78 is 0. The highest BCUT2D eigenvalue weighted by molar-refractivity contribution is 5.24. The maximum Gasteiger partial charge on any atom is -0.00772 e. The molecule has 1 nitrogen and oxygen atoms in total. The Balaban J connectivity index is 1.84. The van der Waals surface area contributed by atoms with E-state index in [4.69, 9.17) is 5.73 Å². The van der Waals surface area contributed by atoms with Crippen LogP contribution in [0.1, 0.15) is 55.6 Å². The fraction of sp³-hybridized carbons (Fsp3) is 0.625. The van der Waals surface area contributed by atoms with E-state index in [9.17, 15) is 0 Å². The molecule has 1 aromatic carbocycles. The van der Waals surface area contributed by atoms with E-state index < -0.39 is 0 Å². The van der Waals surface area contributed by atoms with Crippen LogP contribution >= 0.6 is 0 Å². The Bertz CT molecular complexity index is 320. The Morgan fingerprint density at radius 3 is 2.29 bits per heavy atom. The SMILES string of the molecule is Cc1ccc(C2CCC(CCCN)CC2)cc1. The van der Waals surface area contributed by atoms with Gasteiger partial charge in [-0.1, -0.05) is 29.8 Å². The van der Waals surface area contributed by atoms with Gasteiger partial charge in [-0.05, 0) is 69.4 Å². The van der Waals surface area contributed by atoms with Gasteiger partial charge in [-0.25, -0.2) is 0 Å². The largest absolute Gasteiger partial charge is 0.330 e. The Morgan fingerprint density at radius 2 is 1.71 bits per heavy atom. The zero-order chi connectivity index (χ0) is 12.1. The van der Waals surface area contributed by atoms with E-state index in [0.29, 0.717) is 0 Å². The predicted molar refractivity (Wildman–Crippen MR) is 74.2 cm³/mol. The fourth-order valence-electron chi connectivity index (χ4n) is 3.03. The number of benzene rings is 1. The van der Waals surface area contributed by atoms with Crippen LogP contribution in [-0.2, 0) is 0 Å². The molecule has 0 bridgehead atoms. The van der Waals surface area contributed by atoms with E-state index in [2.05, 4.69) is 31.2 Å². The molecule has 1 aliphatic rings. The highest BCUT2D eigenvalue weighted by Gasteiger charge is 2.21. The lowest BCUT2D eigenvalue weighted by atomic mass is 9.77. The molecule has 0 amide bonds. The molecule has 2 rings (SSSR count). The smallest absolute Gasteiger partial charge is 0.00772 e. The first-order valence-corrected chi connectivity index (χ1v) is 7.06. The Morgan fingerprint density at radius 1 is 1.06 bits per heavy atom. The van der Waals surface area contributed by atoms with Gasteiger partial charge in [-0.15, -0.1) is 0 Å². The quantitative estimate of drug-likeness (QED) is 0.832. The molecule has 0 heterocycles. The highest BCUT2D eigenvalue weighted by Crippen LogP contribution is 2.37. The molecule has 17 heavy (non-hydrogen) atoms. The number of aryl methyl sites for hydroxylation is 1. The van der Waals surface area contributed by atoms with E-state index in [1.165, 1.54) is 44.1 Å². The number of nitrogens with two attached hydrogens (primary N) is 1. The molecule has 0 saturated heterocycles. The predicted octanol–water partition coefficient (Wildman–Crippen LogP) is 4.01. The Kier molecular flexibility index (Phi) is 4.61. The first-order valence-electron chi connectivity index (χ1n) is 7.06. The van der Waals surface area contributed by atoms with E-state index in [-0.39, 0.29) is 0 Å². The molecule has 0 atom stereocenters. The molecule has 94 valence electrons. The van der Waals surface area contributed by atoms with Crippen LogP contribution in [-0.4, -0.2) is 6.54 Å². The minimum absolute atomic E-state index is 0.810. The Hall–Kier alpha value is -0.820. The molecular weight excluding hydrogens is 206 g/mol. The lowest BCUT2D eigenvalue weighted by molar-refractivity contribution is 0.306. The molecule has 0 aliphatic heterocycles. The molecule has 1 aliphatic carbocycles. The van der Waals surface area contributed by atoms with Crippen molar-refractivity contribution in [1.82, 2.24) is 0 Å². The summed E-state index contributed by atoms with van der Waals surface area (Å²) in [5, 5.41) is 0. The van der Waals surface area contributed by atoms with Crippen LogP contribution in [0.25, 0.3) is 0 Å². The first kappa shape index (κ1) is 12.6. The van der Waals surface area contributed by atoms with Gasteiger partial charge in [0.05, 0.1) is 0 Å². The third-order valence-corrected chi connectivity index (χ3v) is 4.21. The molecule has 1 fully saturated rings. The van der Waals surface area contributed by atoms with Crippen LogP contribution in [0, 0.1) is 12.8 Å². The molecular formula is C16H25N. The molecule has 2 N–H and O–H groups in total. The molecule has 0 radical (unpaired) electrons. The standard InChI is InChI=1S/C16H25N/c1-13-4-8-15(9-5-13)16-10-6-14(7-11-16)3-2-12-17/h4-5,8-9,14,16H,2-3,6-7,10-12,17H2,1H3. The third-order valence-electron chi connectivity index (χ3n) is 4.21. The van der Waals surface area contributed by atoms with Crippen molar-refractivity contribution < 1.29 is 0 Å². The van der Waals surface area contributed by atoms with Gasteiger partial charge < -0.3 is 5.73 Å². The van der Waals surface area contributed by atoms with Crippen molar-refractivity contribution in [3.63, 3.8) is 0 Å². The Labute approximate surface area is 105 Å². The van der Waals surface area contributed by atoms with E-state index >= 15 is 0 Å². The average Bonchev–Trinajstić information content (AvgIpc) is 2.38. The zero-order valence-electron chi connectivity index (χ0n) is 11.0. The highest BCUT2D eigenvalue weighted by atomic mass is 14.5. The van der Waals surface area contributed by atoms with Crippen molar-refractivity contribution in [2.75, 3.05) is 6.54 Å². The monoisotopic (exact) mass is 231 g/mol. The summed E-state index contributed by atoms with van der Waals surface area (Å²) in [6.07, 6.45) is 8.10. The molecule has 1 heteroatoms. The summed E-state index contributed by atoms with van der Waals surface area (Å²) >= 11 is 0. The summed E-state index contributed by atoms with van der Waals surface area (Å²) in [4.78, 5) is 0. The maximum atomic E-state index is 5.58. The van der Waals surface area contributed by atoms with E-state index in [1.54, 1.807) is 5.56 Å². The van der Waals surface area contributed by atoms with Crippen molar-refractivity contribution in [3.8, 4) is 0 Å². The molecule has 0 unspecified atom stereocenters. The van der Waals surface area contributed by atoms with Crippen molar-refractivity contribution in [2.24, 2.45) is 11.7 Å². The lowest BCUT2D eigenvalue weighted by Crippen LogP contribution is -2.14. The summed E-state index contributed by atoms with van der Waals surface area (Å²) in [7, 11) is 0. The summed E-state index contributed by atoms with van der Waals surface area (Å²) in [6.45, 7) is 3.02. The number of hydrogen-bond donors (Lipinski definition) is 1. The van der Waals surface area contributed by atoms with Crippen molar-refractivity contribution in [2.45, 2.75) is 51.4 Å². The zero-order valence-corrected chi connectivity index (χ0v) is 11.0. The topological polar surface area (TPSA) is 26.0 Å². The van der Waals surface area contributed by atoms with Crippen LogP contribution in [0.15, 0.2) is 24.3 Å². The summed E-state index contributed by atoms with van der Waals surface area (Å²) in [5.41, 5.74) is 8.49. The van der Waals surface area contributed by atoms with Gasteiger partial charge >= 0.3 is 0 Å². The third kappa shape index (κ3) is 3.57. The number of hydrogen-bond acceptors (Lipinski definition) is 1. The van der Waals surface area contributed by atoms with Gasteiger partial charge in [0.15, 0.2) is 0 Å². The second-order valence-electron chi connectivity index (χ2n) is 5.56. The van der Waals surface area contributed by atoms with Crippen molar-refractivity contribution in [1.29, 1.82) is 0 Å². The lowest BCUT2D eigenvalue weighted by Gasteiger charge is -2.28. The average molecular weight is 231 g/mol. The van der Waals surface area contributed by atoms with Gasteiger partial charge in [-0.3, -0.25) is 0 Å². The van der Waals surface area contributed by atoms with Gasteiger partial charge in [0.1, 0.15) is 0 Å². The summed E-state index contributed by atoms with van der Waals surface area (Å²) in [6, 6.07) is 9.13. The maximum absolute atomic E-state index is 5.58. The fourth-order valence-corrected chi connectivity index (χ4v) is 3.03. The van der Waals surface area contributed by atoms with E-state index in [1.807, 2.05) is 0 Å². The minimum Gasteiger partial charge on any atom is -0.330 e. The molecule has 0 aromatic heterocycles. The van der Waals surface area contributed by atoms with Crippen molar-refractivity contribution in [3.05, 3.63) is 35.4 Å². The first-order chi connectivity index (χ1) is 8.29. The van der Waals surface area contributed by atoms with Crippen LogP contribution in [0.5, 0.6) is 0 Å². The van der Waals surface area contributed by atoms with Gasteiger partial charge in [0.25, 0.3) is 0 Å². The second kappa shape index (κ2) is 6.20. The second-order valence-corrected chi connectivity index (χ2v) is 5.56. The minimum atomic E-state index is 0.810. The van der Waals surface area contributed by atoms with Crippen LogP contribution in [0.3, 0.4) is 0 Å². The molecule has 1 aromatic rings. The van der Waals surface area contributed by atoms with Crippen LogP contribution in [0.2, 0.25) is 0 Å². The van der Waals surface area contributed by atoms with Gasteiger partial charge in [-0.2, -0.15) is 0 Å². The normalized spacial score (nSPS) is 24.8. The van der Waals surface area contributed by atoms with Gasteiger partial charge in [0.2, 0.25) is 0 Å².